The summed E-state index contributed by atoms with van der Waals surface area (Å²) in [7, 11) is -3.58. The van der Waals surface area contributed by atoms with E-state index in [9.17, 15) is 13.2 Å². The molecule has 0 aliphatic rings. The maximum atomic E-state index is 12.4. The minimum Gasteiger partial charge on any atom is -0.494 e. The highest BCUT2D eigenvalue weighted by Gasteiger charge is 2.16. The molecule has 0 aliphatic carbocycles. The number of hydrogen-bond acceptors (Lipinski definition) is 5. The van der Waals surface area contributed by atoms with Gasteiger partial charge in [-0.2, -0.15) is 0 Å². The van der Waals surface area contributed by atoms with E-state index in [1.807, 2.05) is 13.8 Å². The van der Waals surface area contributed by atoms with E-state index in [2.05, 4.69) is 29.2 Å². The summed E-state index contributed by atoms with van der Waals surface area (Å²) in [6, 6.07) is 12.8. The molecule has 0 aliphatic heterocycles. The SMILES string of the molecule is CCC(C)NS(=O)(=O)c1ccc(NC(=S)NC(=O)c2ccc(OCCC(C)C)cc2)cc1. The van der Waals surface area contributed by atoms with E-state index in [0.29, 0.717) is 35.9 Å². The van der Waals surface area contributed by atoms with Crippen LogP contribution in [0.5, 0.6) is 5.75 Å². The maximum absolute atomic E-state index is 12.4. The van der Waals surface area contributed by atoms with Crippen molar-refractivity contribution in [2.45, 2.75) is 51.5 Å². The number of ether oxygens (including phenoxy) is 1. The molecule has 1 amide bonds. The number of benzene rings is 2. The normalized spacial score (nSPS) is 12.3. The largest absolute Gasteiger partial charge is 0.494 e. The number of sulfonamides is 1. The second kappa shape index (κ2) is 11.9. The third-order valence-corrected chi connectivity index (χ3v) is 6.51. The van der Waals surface area contributed by atoms with Crippen molar-refractivity contribution in [3.63, 3.8) is 0 Å². The molecular formula is C23H31N3O4S2. The fourth-order valence-electron chi connectivity index (χ4n) is 2.59. The molecule has 3 N–H and O–H groups in total. The maximum Gasteiger partial charge on any atom is 0.257 e. The minimum atomic E-state index is -3.58. The first kappa shape index (κ1) is 25.8. The summed E-state index contributed by atoms with van der Waals surface area (Å²) < 4.78 is 32.9. The highest BCUT2D eigenvalue weighted by molar-refractivity contribution is 7.89. The van der Waals surface area contributed by atoms with Crippen molar-refractivity contribution in [1.29, 1.82) is 0 Å². The van der Waals surface area contributed by atoms with Gasteiger partial charge in [-0.1, -0.05) is 20.8 Å². The van der Waals surface area contributed by atoms with Crippen LogP contribution < -0.4 is 20.1 Å². The predicted octanol–water partition coefficient (Wildman–Crippen LogP) is 4.32. The molecule has 7 nitrogen and oxygen atoms in total. The van der Waals surface area contributed by atoms with Crippen LogP contribution in [0.2, 0.25) is 0 Å². The van der Waals surface area contributed by atoms with Gasteiger partial charge in [-0.3, -0.25) is 10.1 Å². The van der Waals surface area contributed by atoms with E-state index in [1.165, 1.54) is 12.1 Å². The molecule has 1 unspecified atom stereocenters. The first-order valence-electron chi connectivity index (χ1n) is 10.6. The molecule has 2 aromatic rings. The van der Waals surface area contributed by atoms with Gasteiger partial charge in [-0.25, -0.2) is 13.1 Å². The van der Waals surface area contributed by atoms with Crippen molar-refractivity contribution in [2.24, 2.45) is 5.92 Å². The van der Waals surface area contributed by atoms with Crippen LogP contribution in [-0.2, 0) is 10.0 Å². The van der Waals surface area contributed by atoms with Gasteiger partial charge in [0.05, 0.1) is 11.5 Å². The van der Waals surface area contributed by atoms with Crippen LogP contribution in [0.25, 0.3) is 0 Å². The van der Waals surface area contributed by atoms with Gasteiger partial charge in [0.15, 0.2) is 5.11 Å². The Balaban J connectivity index is 1.90. The third-order valence-electron chi connectivity index (χ3n) is 4.70. The fraction of sp³-hybridized carbons (Fsp3) is 0.391. The van der Waals surface area contributed by atoms with Crippen molar-refractivity contribution < 1.29 is 17.9 Å². The number of anilines is 1. The van der Waals surface area contributed by atoms with Gasteiger partial charge in [0, 0.05) is 17.3 Å². The molecule has 0 aromatic heterocycles. The number of carbonyl (C=O) groups is 1. The molecular weight excluding hydrogens is 446 g/mol. The molecule has 0 fully saturated rings. The Bertz CT molecular complexity index is 1000. The lowest BCUT2D eigenvalue weighted by atomic mass is 10.1. The highest BCUT2D eigenvalue weighted by Crippen LogP contribution is 2.16. The zero-order chi connectivity index (χ0) is 23.7. The van der Waals surface area contributed by atoms with Crippen LogP contribution in [0.4, 0.5) is 5.69 Å². The van der Waals surface area contributed by atoms with E-state index in [-0.39, 0.29) is 22.0 Å². The predicted molar refractivity (Wildman–Crippen MR) is 132 cm³/mol. The summed E-state index contributed by atoms with van der Waals surface area (Å²) in [5.41, 5.74) is 1.01. The number of carbonyl (C=O) groups excluding carboxylic acids is 1. The Hall–Kier alpha value is -2.49. The van der Waals surface area contributed by atoms with Gasteiger partial charge in [0.1, 0.15) is 5.75 Å². The third kappa shape index (κ3) is 8.22. The number of thiocarbonyl (C=S) groups is 1. The lowest BCUT2D eigenvalue weighted by Gasteiger charge is -2.13. The van der Waals surface area contributed by atoms with Gasteiger partial charge >= 0.3 is 0 Å². The molecule has 0 bridgehead atoms. The van der Waals surface area contributed by atoms with E-state index < -0.39 is 10.0 Å². The molecule has 32 heavy (non-hydrogen) atoms. The number of hydrogen-bond donors (Lipinski definition) is 3. The van der Waals surface area contributed by atoms with Gasteiger partial charge in [-0.05, 0) is 86.4 Å². The Morgan fingerprint density at radius 2 is 1.66 bits per heavy atom. The zero-order valence-corrected chi connectivity index (χ0v) is 20.5. The molecule has 0 saturated carbocycles. The standard InChI is InChI=1S/C23H31N3O4S2/c1-5-17(4)26-32(28,29)21-12-8-19(9-13-21)24-23(31)25-22(27)18-6-10-20(11-7-18)30-15-14-16(2)3/h6-13,16-17,26H,5,14-15H2,1-4H3,(H2,24,25,27,31). The molecule has 0 heterocycles. The monoisotopic (exact) mass is 477 g/mol. The molecule has 9 heteroatoms. The average molecular weight is 478 g/mol. The van der Waals surface area contributed by atoms with Crippen molar-refractivity contribution >= 4 is 38.9 Å². The topological polar surface area (TPSA) is 96.5 Å². The van der Waals surface area contributed by atoms with E-state index in [0.717, 1.165) is 6.42 Å². The first-order chi connectivity index (χ1) is 15.1. The molecule has 0 saturated heterocycles. The highest BCUT2D eigenvalue weighted by atomic mass is 32.2. The lowest BCUT2D eigenvalue weighted by Crippen LogP contribution is -2.34. The Morgan fingerprint density at radius 3 is 2.22 bits per heavy atom. The van der Waals surface area contributed by atoms with Crippen LogP contribution in [-0.4, -0.2) is 32.1 Å². The number of amides is 1. The van der Waals surface area contributed by atoms with Gasteiger partial charge in [0.2, 0.25) is 10.0 Å². The Morgan fingerprint density at radius 1 is 1.03 bits per heavy atom. The van der Waals surface area contributed by atoms with Crippen molar-refractivity contribution in [2.75, 3.05) is 11.9 Å². The van der Waals surface area contributed by atoms with E-state index in [4.69, 9.17) is 17.0 Å². The molecule has 174 valence electrons. The quantitative estimate of drug-likeness (QED) is 0.441. The minimum absolute atomic E-state index is 0.112. The van der Waals surface area contributed by atoms with Gasteiger partial charge in [0.25, 0.3) is 5.91 Å². The lowest BCUT2D eigenvalue weighted by molar-refractivity contribution is 0.0977. The van der Waals surface area contributed by atoms with E-state index in [1.54, 1.807) is 36.4 Å². The van der Waals surface area contributed by atoms with Crippen molar-refractivity contribution in [1.82, 2.24) is 10.0 Å². The Labute approximate surface area is 196 Å². The summed E-state index contributed by atoms with van der Waals surface area (Å²) in [5, 5.41) is 5.61. The molecule has 0 radical (unpaired) electrons. The van der Waals surface area contributed by atoms with Crippen LogP contribution in [0.3, 0.4) is 0 Å². The summed E-state index contributed by atoms with van der Waals surface area (Å²) in [6.45, 7) is 8.61. The fourth-order valence-corrected chi connectivity index (χ4v) is 4.12. The molecule has 2 aromatic carbocycles. The average Bonchev–Trinajstić information content (AvgIpc) is 2.73. The first-order valence-corrected chi connectivity index (χ1v) is 12.5. The second-order valence-corrected chi connectivity index (χ2v) is 10.0. The zero-order valence-electron chi connectivity index (χ0n) is 18.8. The van der Waals surface area contributed by atoms with Crippen LogP contribution in [0, 0.1) is 5.92 Å². The van der Waals surface area contributed by atoms with Crippen molar-refractivity contribution in [3.8, 4) is 5.75 Å². The summed E-state index contributed by atoms with van der Waals surface area (Å²) in [5.74, 6) is 0.921. The summed E-state index contributed by atoms with van der Waals surface area (Å²) >= 11 is 5.20. The van der Waals surface area contributed by atoms with Crippen LogP contribution in [0.1, 0.15) is 50.9 Å². The van der Waals surface area contributed by atoms with Crippen molar-refractivity contribution in [3.05, 3.63) is 54.1 Å². The molecule has 2 rings (SSSR count). The van der Waals surface area contributed by atoms with Crippen LogP contribution in [0.15, 0.2) is 53.4 Å². The smallest absolute Gasteiger partial charge is 0.257 e. The second-order valence-electron chi connectivity index (χ2n) is 7.92. The van der Waals surface area contributed by atoms with Gasteiger partial charge in [-0.15, -0.1) is 0 Å². The molecule has 1 atom stereocenters. The van der Waals surface area contributed by atoms with E-state index >= 15 is 0 Å². The van der Waals surface area contributed by atoms with Gasteiger partial charge < -0.3 is 10.1 Å². The Kier molecular flexibility index (Phi) is 9.61. The molecule has 0 spiro atoms. The summed E-state index contributed by atoms with van der Waals surface area (Å²) in [6.07, 6.45) is 1.66. The number of nitrogens with one attached hydrogen (secondary N) is 3. The van der Waals surface area contributed by atoms with Crippen LogP contribution >= 0.6 is 12.2 Å². The number of rotatable bonds is 10. The summed E-state index contributed by atoms with van der Waals surface area (Å²) in [4.78, 5) is 12.6.